The zero-order valence-corrected chi connectivity index (χ0v) is 14.5. The van der Waals surface area contributed by atoms with Crippen LogP contribution in [0.25, 0.3) is 0 Å². The first-order valence-electron chi connectivity index (χ1n) is 7.48. The maximum absolute atomic E-state index is 12.2. The Labute approximate surface area is 150 Å². The second-order valence-corrected chi connectivity index (χ2v) is 4.89. The molecule has 0 fully saturated rings. The van der Waals surface area contributed by atoms with E-state index < -0.39 is 12.1 Å². The molecule has 1 N–H and O–H groups in total. The van der Waals surface area contributed by atoms with Crippen molar-refractivity contribution in [2.24, 2.45) is 5.10 Å². The molecule has 0 atom stereocenters. The van der Waals surface area contributed by atoms with E-state index in [9.17, 15) is 9.59 Å². The molecule has 0 spiro atoms. The summed E-state index contributed by atoms with van der Waals surface area (Å²) in [6.45, 7) is 0. The summed E-state index contributed by atoms with van der Waals surface area (Å²) in [5, 5.41) is 3.72. The molecule has 2 aromatic carbocycles. The fraction of sp³-hybridized carbons (Fsp3) is 0.167. The molecule has 0 radical (unpaired) electrons. The Morgan fingerprint density at radius 3 is 2.31 bits per heavy atom. The van der Waals surface area contributed by atoms with Gasteiger partial charge in [-0.05, 0) is 48.0 Å². The highest BCUT2D eigenvalue weighted by Gasteiger charge is 2.13. The van der Waals surface area contributed by atoms with E-state index in [4.69, 9.17) is 14.2 Å². The summed E-state index contributed by atoms with van der Waals surface area (Å²) in [4.78, 5) is 23.2. The molecule has 0 aliphatic carbocycles. The van der Waals surface area contributed by atoms with E-state index in [-0.39, 0.29) is 5.75 Å². The lowest BCUT2D eigenvalue weighted by Crippen LogP contribution is -2.16. The minimum atomic E-state index is -0.682. The van der Waals surface area contributed by atoms with Gasteiger partial charge in [0.2, 0.25) is 0 Å². The van der Waals surface area contributed by atoms with Crippen molar-refractivity contribution in [2.45, 2.75) is 0 Å². The summed E-state index contributed by atoms with van der Waals surface area (Å²) in [6, 6.07) is 11.4. The number of hydrazone groups is 1. The summed E-state index contributed by atoms with van der Waals surface area (Å²) in [5.41, 5.74) is 3.17. The van der Waals surface area contributed by atoms with Crippen LogP contribution in [0.3, 0.4) is 0 Å². The van der Waals surface area contributed by atoms with Crippen molar-refractivity contribution in [1.29, 1.82) is 0 Å². The molecule has 0 saturated heterocycles. The van der Waals surface area contributed by atoms with Gasteiger partial charge in [-0.1, -0.05) is 0 Å². The lowest BCUT2D eigenvalue weighted by Gasteiger charge is -2.10. The molecule has 136 valence electrons. The molecule has 8 heteroatoms. The molecule has 0 unspecified atom stereocenters. The van der Waals surface area contributed by atoms with E-state index in [1.807, 2.05) is 0 Å². The van der Waals surface area contributed by atoms with Gasteiger partial charge in [-0.15, -0.1) is 0 Å². The molecule has 1 amide bonds. The standard InChI is InChI=1S/C18H18N2O6/c1-23-14-7-5-13(6-8-14)17(21)26-15-9-4-12(10-16(15)24-2)11-19-20-18(22)25-3/h4-11H,1-3H3,(H,20,22). The van der Waals surface area contributed by atoms with Crippen LogP contribution in [0.1, 0.15) is 15.9 Å². The number of nitrogens with one attached hydrogen (secondary N) is 1. The van der Waals surface area contributed by atoms with Crippen molar-refractivity contribution in [3.63, 3.8) is 0 Å². The molecule has 0 bridgehead atoms. The number of ether oxygens (including phenoxy) is 4. The van der Waals surface area contributed by atoms with E-state index in [0.29, 0.717) is 22.6 Å². The van der Waals surface area contributed by atoms with Crippen LogP contribution in [0.2, 0.25) is 0 Å². The van der Waals surface area contributed by atoms with Crippen LogP contribution in [0.5, 0.6) is 17.2 Å². The molecule has 26 heavy (non-hydrogen) atoms. The molecule has 0 aromatic heterocycles. The number of hydrogen-bond donors (Lipinski definition) is 1. The summed E-state index contributed by atoms with van der Waals surface area (Å²) in [6.07, 6.45) is 0.715. The van der Waals surface area contributed by atoms with Crippen molar-refractivity contribution in [3.05, 3.63) is 53.6 Å². The summed E-state index contributed by atoms with van der Waals surface area (Å²) in [7, 11) is 4.23. The van der Waals surface area contributed by atoms with Crippen LogP contribution in [-0.2, 0) is 4.74 Å². The normalized spacial score (nSPS) is 10.3. The highest BCUT2D eigenvalue weighted by Crippen LogP contribution is 2.28. The lowest BCUT2D eigenvalue weighted by molar-refractivity contribution is 0.0729. The Morgan fingerprint density at radius 2 is 1.69 bits per heavy atom. The van der Waals surface area contributed by atoms with Gasteiger partial charge in [0.05, 0.1) is 33.1 Å². The predicted octanol–water partition coefficient (Wildman–Crippen LogP) is 2.61. The van der Waals surface area contributed by atoms with Gasteiger partial charge in [0.25, 0.3) is 0 Å². The van der Waals surface area contributed by atoms with E-state index in [0.717, 1.165) is 0 Å². The van der Waals surface area contributed by atoms with Gasteiger partial charge < -0.3 is 18.9 Å². The van der Waals surface area contributed by atoms with Gasteiger partial charge in [0, 0.05) is 0 Å². The second kappa shape index (κ2) is 9.07. The Kier molecular flexibility index (Phi) is 6.55. The lowest BCUT2D eigenvalue weighted by atomic mass is 10.2. The molecule has 0 saturated carbocycles. The molecule has 0 aliphatic rings. The van der Waals surface area contributed by atoms with Crippen LogP contribution in [0.4, 0.5) is 4.79 Å². The van der Waals surface area contributed by atoms with Crippen molar-refractivity contribution in [1.82, 2.24) is 5.43 Å². The smallest absolute Gasteiger partial charge is 0.427 e. The van der Waals surface area contributed by atoms with Gasteiger partial charge in [-0.2, -0.15) is 5.10 Å². The summed E-state index contributed by atoms with van der Waals surface area (Å²) < 4.78 is 20.1. The number of hydrogen-bond acceptors (Lipinski definition) is 7. The third-order valence-electron chi connectivity index (χ3n) is 3.27. The first-order chi connectivity index (χ1) is 12.6. The van der Waals surface area contributed by atoms with Crippen LogP contribution in [0, 0.1) is 0 Å². The number of esters is 1. The van der Waals surface area contributed by atoms with Crippen molar-refractivity contribution >= 4 is 18.3 Å². The van der Waals surface area contributed by atoms with E-state index in [1.165, 1.54) is 20.4 Å². The van der Waals surface area contributed by atoms with E-state index in [2.05, 4.69) is 15.3 Å². The average molecular weight is 358 g/mol. The van der Waals surface area contributed by atoms with Crippen LogP contribution < -0.4 is 19.6 Å². The third kappa shape index (κ3) is 4.97. The van der Waals surface area contributed by atoms with Crippen LogP contribution in [0.15, 0.2) is 47.6 Å². The van der Waals surface area contributed by atoms with E-state index in [1.54, 1.807) is 49.6 Å². The van der Waals surface area contributed by atoms with Crippen molar-refractivity contribution in [3.8, 4) is 17.2 Å². The first kappa shape index (κ1) is 18.8. The van der Waals surface area contributed by atoms with Gasteiger partial charge in [-0.25, -0.2) is 15.0 Å². The fourth-order valence-electron chi connectivity index (χ4n) is 1.94. The average Bonchev–Trinajstić information content (AvgIpc) is 2.68. The van der Waals surface area contributed by atoms with Gasteiger partial charge >= 0.3 is 12.1 Å². The maximum atomic E-state index is 12.2. The van der Waals surface area contributed by atoms with Gasteiger partial charge in [0.15, 0.2) is 11.5 Å². The molecule has 8 nitrogen and oxygen atoms in total. The number of methoxy groups -OCH3 is 3. The highest BCUT2D eigenvalue weighted by molar-refractivity contribution is 5.91. The van der Waals surface area contributed by atoms with Gasteiger partial charge in [-0.3, -0.25) is 0 Å². The molecular weight excluding hydrogens is 340 g/mol. The molecular formula is C18H18N2O6. The Balaban J connectivity index is 2.11. The summed E-state index contributed by atoms with van der Waals surface area (Å²) in [5.74, 6) is 0.711. The Morgan fingerprint density at radius 1 is 0.962 bits per heavy atom. The predicted molar refractivity (Wildman–Crippen MR) is 94.1 cm³/mol. The number of carbonyl (C=O) groups is 2. The van der Waals surface area contributed by atoms with Crippen molar-refractivity contribution < 1.29 is 28.5 Å². The highest BCUT2D eigenvalue weighted by atomic mass is 16.6. The topological polar surface area (TPSA) is 95.5 Å². The minimum absolute atomic E-state index is 0.256. The number of amides is 1. The zero-order chi connectivity index (χ0) is 18.9. The third-order valence-corrected chi connectivity index (χ3v) is 3.27. The van der Waals surface area contributed by atoms with Crippen LogP contribution >= 0.6 is 0 Å². The molecule has 2 rings (SSSR count). The molecule has 0 aliphatic heterocycles. The second-order valence-electron chi connectivity index (χ2n) is 4.89. The Bertz CT molecular complexity index is 802. The number of benzene rings is 2. The molecule has 0 heterocycles. The van der Waals surface area contributed by atoms with Gasteiger partial charge in [0.1, 0.15) is 5.75 Å². The SMILES string of the molecule is COC(=O)NN=Cc1ccc(OC(=O)c2ccc(OC)cc2)c(OC)c1. The molecule has 2 aromatic rings. The zero-order valence-electron chi connectivity index (χ0n) is 14.5. The first-order valence-corrected chi connectivity index (χ1v) is 7.48. The number of nitrogens with zero attached hydrogens (tertiary/aromatic N) is 1. The maximum Gasteiger partial charge on any atom is 0.427 e. The quantitative estimate of drug-likeness (QED) is 0.369. The number of carbonyl (C=O) groups excluding carboxylic acids is 2. The largest absolute Gasteiger partial charge is 0.497 e. The monoisotopic (exact) mass is 358 g/mol. The minimum Gasteiger partial charge on any atom is -0.497 e. The van der Waals surface area contributed by atoms with E-state index >= 15 is 0 Å². The van der Waals surface area contributed by atoms with Crippen LogP contribution in [-0.4, -0.2) is 39.6 Å². The van der Waals surface area contributed by atoms with Crippen molar-refractivity contribution in [2.75, 3.05) is 21.3 Å². The number of rotatable bonds is 6. The fourth-order valence-corrected chi connectivity index (χ4v) is 1.94. The summed E-state index contributed by atoms with van der Waals surface area (Å²) >= 11 is 0. The Hall–Kier alpha value is -3.55.